The zero-order valence-corrected chi connectivity index (χ0v) is 14.2. The van der Waals surface area contributed by atoms with Crippen LogP contribution in [0.3, 0.4) is 0 Å². The van der Waals surface area contributed by atoms with Gasteiger partial charge < -0.3 is 15.2 Å². The topological polar surface area (TPSA) is 75.4 Å². The van der Waals surface area contributed by atoms with E-state index >= 15 is 0 Å². The van der Waals surface area contributed by atoms with Crippen LogP contribution in [0.25, 0.3) is 0 Å². The minimum atomic E-state index is -0.337. The predicted molar refractivity (Wildman–Crippen MR) is 87.5 cm³/mol. The Morgan fingerprint density at radius 3 is 2.87 bits per heavy atom. The molecule has 1 fully saturated rings. The Morgan fingerprint density at radius 1 is 1.35 bits per heavy atom. The monoisotopic (exact) mass is 323 g/mol. The lowest BCUT2D eigenvalue weighted by atomic mass is 10.1. The summed E-state index contributed by atoms with van der Waals surface area (Å²) < 4.78 is 7.37. The van der Waals surface area contributed by atoms with E-state index in [9.17, 15) is 5.11 Å². The fraction of sp³-hybridized carbons (Fsp3) is 0.875. The van der Waals surface area contributed by atoms with Crippen molar-refractivity contribution in [2.75, 3.05) is 39.4 Å². The molecular weight excluding hydrogens is 294 g/mol. The fourth-order valence-electron chi connectivity index (χ4n) is 3.19. The normalized spacial score (nSPS) is 23.9. The molecular formula is C16H29N5O2. The number of rotatable bonds is 6. The Labute approximate surface area is 138 Å². The molecule has 1 saturated heterocycles. The van der Waals surface area contributed by atoms with Gasteiger partial charge in [0.05, 0.1) is 25.9 Å². The van der Waals surface area contributed by atoms with Gasteiger partial charge in [0.1, 0.15) is 5.82 Å². The van der Waals surface area contributed by atoms with Gasteiger partial charge in [-0.2, -0.15) is 5.10 Å². The largest absolute Gasteiger partial charge is 0.390 e. The second-order valence-electron chi connectivity index (χ2n) is 6.93. The number of nitrogens with one attached hydrogen (secondary N) is 1. The first-order valence-corrected chi connectivity index (χ1v) is 8.77. The van der Waals surface area contributed by atoms with E-state index in [0.717, 1.165) is 63.9 Å². The summed E-state index contributed by atoms with van der Waals surface area (Å²) in [6, 6.07) is 0.364. The molecule has 130 valence electrons. The second kappa shape index (κ2) is 7.70. The molecule has 0 aromatic carbocycles. The lowest BCUT2D eigenvalue weighted by Gasteiger charge is -2.30. The van der Waals surface area contributed by atoms with E-state index in [-0.39, 0.29) is 6.10 Å². The van der Waals surface area contributed by atoms with Crippen LogP contribution in [0.1, 0.15) is 37.8 Å². The summed E-state index contributed by atoms with van der Waals surface area (Å²) in [5.74, 6) is 2.41. The number of morpholine rings is 1. The van der Waals surface area contributed by atoms with Crippen LogP contribution < -0.4 is 5.32 Å². The van der Waals surface area contributed by atoms with Gasteiger partial charge in [-0.15, -0.1) is 0 Å². The maximum atomic E-state index is 10.2. The van der Waals surface area contributed by atoms with E-state index < -0.39 is 0 Å². The number of aromatic nitrogens is 3. The van der Waals surface area contributed by atoms with Gasteiger partial charge in [-0.05, 0) is 6.42 Å². The third-order valence-electron chi connectivity index (χ3n) is 4.61. The van der Waals surface area contributed by atoms with Crippen molar-refractivity contribution in [2.24, 2.45) is 0 Å². The van der Waals surface area contributed by atoms with Gasteiger partial charge in [0.2, 0.25) is 0 Å². The predicted octanol–water partition coefficient (Wildman–Crippen LogP) is -0.001000. The molecule has 2 N–H and O–H groups in total. The molecule has 23 heavy (non-hydrogen) atoms. The molecule has 2 unspecified atom stereocenters. The van der Waals surface area contributed by atoms with E-state index in [1.807, 2.05) is 4.68 Å². The third kappa shape index (κ3) is 4.50. The van der Waals surface area contributed by atoms with Gasteiger partial charge in [0, 0.05) is 44.6 Å². The first kappa shape index (κ1) is 16.8. The highest BCUT2D eigenvalue weighted by Crippen LogP contribution is 2.16. The van der Waals surface area contributed by atoms with E-state index in [0.29, 0.717) is 18.5 Å². The lowest BCUT2D eigenvalue weighted by Crippen LogP contribution is -2.46. The molecule has 0 amide bonds. The van der Waals surface area contributed by atoms with Crippen LogP contribution in [0.15, 0.2) is 0 Å². The van der Waals surface area contributed by atoms with Crippen molar-refractivity contribution >= 4 is 0 Å². The molecule has 0 bridgehead atoms. The van der Waals surface area contributed by atoms with Gasteiger partial charge in [-0.3, -0.25) is 4.90 Å². The Morgan fingerprint density at radius 2 is 2.13 bits per heavy atom. The number of aliphatic hydroxyl groups excluding tert-OH is 1. The van der Waals surface area contributed by atoms with Gasteiger partial charge >= 0.3 is 0 Å². The van der Waals surface area contributed by atoms with Crippen molar-refractivity contribution in [3.63, 3.8) is 0 Å². The van der Waals surface area contributed by atoms with Crippen molar-refractivity contribution in [2.45, 2.75) is 51.3 Å². The molecule has 7 nitrogen and oxygen atoms in total. The van der Waals surface area contributed by atoms with Crippen molar-refractivity contribution in [1.82, 2.24) is 25.0 Å². The molecule has 1 aromatic rings. The number of aryl methyl sites for hydroxylation is 1. The van der Waals surface area contributed by atoms with Gasteiger partial charge in [0.25, 0.3) is 0 Å². The maximum Gasteiger partial charge on any atom is 0.153 e. The van der Waals surface area contributed by atoms with Gasteiger partial charge in [-0.25, -0.2) is 9.67 Å². The molecule has 0 saturated carbocycles. The molecule has 0 radical (unpaired) electrons. The highest BCUT2D eigenvalue weighted by molar-refractivity contribution is 5.01. The van der Waals surface area contributed by atoms with Crippen LogP contribution in [0, 0.1) is 0 Å². The molecule has 3 heterocycles. The summed E-state index contributed by atoms with van der Waals surface area (Å²) in [7, 11) is 0. The summed E-state index contributed by atoms with van der Waals surface area (Å²) in [6.07, 6.45) is 1.67. The number of ether oxygens (including phenoxy) is 1. The summed E-state index contributed by atoms with van der Waals surface area (Å²) in [5.41, 5.74) is 0. The Bertz CT molecular complexity index is 499. The minimum absolute atomic E-state index is 0.337. The molecule has 1 aromatic heterocycles. The molecule has 2 aliphatic rings. The summed E-state index contributed by atoms with van der Waals surface area (Å²) in [6.45, 7) is 9.82. The highest BCUT2D eigenvalue weighted by Gasteiger charge is 2.23. The second-order valence-corrected chi connectivity index (χ2v) is 6.93. The molecule has 2 aliphatic heterocycles. The van der Waals surface area contributed by atoms with E-state index in [2.05, 4.69) is 34.1 Å². The molecule has 7 heteroatoms. The van der Waals surface area contributed by atoms with Gasteiger partial charge in [0.15, 0.2) is 5.82 Å². The van der Waals surface area contributed by atoms with Crippen LogP contribution in [0.2, 0.25) is 0 Å². The molecule has 0 aliphatic carbocycles. The van der Waals surface area contributed by atoms with E-state index in [1.54, 1.807) is 0 Å². The van der Waals surface area contributed by atoms with Gasteiger partial charge in [-0.1, -0.05) is 13.8 Å². The molecule has 2 atom stereocenters. The smallest absolute Gasteiger partial charge is 0.153 e. The van der Waals surface area contributed by atoms with E-state index in [4.69, 9.17) is 4.74 Å². The Balaban J connectivity index is 1.43. The zero-order valence-electron chi connectivity index (χ0n) is 14.2. The van der Waals surface area contributed by atoms with Crippen LogP contribution in [0.4, 0.5) is 0 Å². The standard InChI is InChI=1S/C16H29N5O2/c1-12(2)16-18-15-4-3-13(10-21(15)19-16)17-9-14(22)11-20-5-7-23-8-6-20/h12-14,17,22H,3-11H2,1-2H3. The maximum absolute atomic E-state index is 10.2. The lowest BCUT2D eigenvalue weighted by molar-refractivity contribution is 0.0142. The van der Waals surface area contributed by atoms with Crippen molar-refractivity contribution in [3.05, 3.63) is 11.6 Å². The van der Waals surface area contributed by atoms with Crippen LogP contribution in [-0.4, -0.2) is 76.3 Å². The number of hydrogen-bond acceptors (Lipinski definition) is 6. The fourth-order valence-corrected chi connectivity index (χ4v) is 3.19. The average Bonchev–Trinajstić information content (AvgIpc) is 2.97. The van der Waals surface area contributed by atoms with Crippen LogP contribution in [-0.2, 0) is 17.7 Å². The summed E-state index contributed by atoms with van der Waals surface area (Å²) in [5, 5.41) is 18.3. The Kier molecular flexibility index (Phi) is 5.63. The highest BCUT2D eigenvalue weighted by atomic mass is 16.5. The molecule has 0 spiro atoms. The van der Waals surface area contributed by atoms with E-state index in [1.165, 1.54) is 0 Å². The summed E-state index contributed by atoms with van der Waals surface area (Å²) >= 11 is 0. The average molecular weight is 323 g/mol. The number of β-amino-alcohol motifs (C(OH)–C–C–N with tert-alkyl or cyclic N) is 1. The first-order valence-electron chi connectivity index (χ1n) is 8.77. The third-order valence-corrected chi connectivity index (χ3v) is 4.61. The number of fused-ring (bicyclic) bond motifs is 1. The van der Waals surface area contributed by atoms with Crippen LogP contribution in [0.5, 0.6) is 0 Å². The Hall–Kier alpha value is -1.02. The molecule has 3 rings (SSSR count). The summed E-state index contributed by atoms with van der Waals surface area (Å²) in [4.78, 5) is 6.88. The van der Waals surface area contributed by atoms with Crippen molar-refractivity contribution in [1.29, 1.82) is 0 Å². The van der Waals surface area contributed by atoms with Crippen molar-refractivity contribution in [3.8, 4) is 0 Å². The minimum Gasteiger partial charge on any atom is -0.390 e. The number of aliphatic hydroxyl groups is 1. The van der Waals surface area contributed by atoms with Crippen LogP contribution >= 0.6 is 0 Å². The first-order chi connectivity index (χ1) is 11.1. The quantitative estimate of drug-likeness (QED) is 0.767. The zero-order chi connectivity index (χ0) is 16.2. The SMILES string of the molecule is CC(C)c1nc2n(n1)CC(NCC(O)CN1CCOCC1)CC2. The number of nitrogens with zero attached hydrogens (tertiary/aromatic N) is 4. The van der Waals surface area contributed by atoms with Crippen molar-refractivity contribution < 1.29 is 9.84 Å². The number of hydrogen-bond donors (Lipinski definition) is 2.